The standard InChI is InChI=1S/C13H10F3N3S/c1-4-9-5-6-10(8(2)7-9)19-11(13(14,15)16)17-18(3)12(19)20/h1,5-7H,2-3H3. The van der Waals surface area contributed by atoms with Crippen LogP contribution >= 0.6 is 12.2 Å². The van der Waals surface area contributed by atoms with E-state index in [1.54, 1.807) is 19.1 Å². The van der Waals surface area contributed by atoms with Crippen LogP contribution in [0.4, 0.5) is 13.2 Å². The van der Waals surface area contributed by atoms with Crippen LogP contribution in [0.2, 0.25) is 0 Å². The Hall–Kier alpha value is -2.07. The summed E-state index contributed by atoms with van der Waals surface area (Å²) in [7, 11) is 1.37. The summed E-state index contributed by atoms with van der Waals surface area (Å²) in [6, 6.07) is 4.71. The lowest BCUT2D eigenvalue weighted by atomic mass is 10.1. The second-order valence-corrected chi connectivity index (χ2v) is 4.57. The monoisotopic (exact) mass is 297 g/mol. The third-order valence-electron chi connectivity index (χ3n) is 2.78. The van der Waals surface area contributed by atoms with Gasteiger partial charge in [-0.2, -0.15) is 13.2 Å². The number of rotatable bonds is 1. The Bertz CT molecular complexity index is 763. The fourth-order valence-corrected chi connectivity index (χ4v) is 2.09. The van der Waals surface area contributed by atoms with Crippen molar-refractivity contribution in [1.29, 1.82) is 0 Å². The van der Waals surface area contributed by atoms with Gasteiger partial charge in [-0.3, -0.25) is 4.57 Å². The number of alkyl halides is 3. The molecule has 0 unspecified atom stereocenters. The number of hydrogen-bond donors (Lipinski definition) is 0. The van der Waals surface area contributed by atoms with Gasteiger partial charge < -0.3 is 0 Å². The first-order chi connectivity index (χ1) is 9.25. The second-order valence-electron chi connectivity index (χ2n) is 4.21. The molecule has 0 aliphatic carbocycles. The van der Waals surface area contributed by atoms with Crippen LogP contribution in [-0.2, 0) is 13.2 Å². The van der Waals surface area contributed by atoms with Gasteiger partial charge in [0.25, 0.3) is 0 Å². The summed E-state index contributed by atoms with van der Waals surface area (Å²) < 4.78 is 41.0. The van der Waals surface area contributed by atoms with E-state index >= 15 is 0 Å². The predicted octanol–water partition coefficient (Wildman–Crippen LogP) is 3.25. The Morgan fingerprint density at radius 3 is 2.50 bits per heavy atom. The topological polar surface area (TPSA) is 22.8 Å². The molecule has 1 aromatic heterocycles. The minimum atomic E-state index is -4.59. The third kappa shape index (κ3) is 2.34. The summed E-state index contributed by atoms with van der Waals surface area (Å²) in [6.45, 7) is 1.67. The summed E-state index contributed by atoms with van der Waals surface area (Å²) in [4.78, 5) is 0. The summed E-state index contributed by atoms with van der Waals surface area (Å²) in [5.74, 6) is 1.38. The Morgan fingerprint density at radius 2 is 2.00 bits per heavy atom. The molecule has 2 rings (SSSR count). The molecule has 2 aromatic rings. The van der Waals surface area contributed by atoms with Crippen molar-refractivity contribution in [2.24, 2.45) is 7.05 Å². The quantitative estimate of drug-likeness (QED) is 0.595. The maximum atomic E-state index is 13.0. The van der Waals surface area contributed by atoms with Gasteiger partial charge in [-0.1, -0.05) is 5.92 Å². The Morgan fingerprint density at radius 1 is 1.35 bits per heavy atom. The summed E-state index contributed by atoms with van der Waals surface area (Å²) in [6.07, 6.45) is 0.676. The fourth-order valence-electron chi connectivity index (χ4n) is 1.86. The maximum absolute atomic E-state index is 13.0. The molecule has 0 aliphatic heterocycles. The largest absolute Gasteiger partial charge is 0.452 e. The van der Waals surface area contributed by atoms with Crippen molar-refractivity contribution in [3.8, 4) is 18.0 Å². The second kappa shape index (κ2) is 4.80. The predicted molar refractivity (Wildman–Crippen MR) is 71.0 cm³/mol. The van der Waals surface area contributed by atoms with Crippen LogP contribution in [-0.4, -0.2) is 14.3 Å². The minimum absolute atomic E-state index is 0.0334. The highest BCUT2D eigenvalue weighted by molar-refractivity contribution is 7.71. The lowest BCUT2D eigenvalue weighted by Gasteiger charge is -2.11. The molecule has 0 spiro atoms. The molecule has 0 atom stereocenters. The molecule has 3 nitrogen and oxygen atoms in total. The first-order valence-corrected chi connectivity index (χ1v) is 5.97. The molecule has 0 N–H and O–H groups in total. The number of aryl methyl sites for hydroxylation is 2. The number of hydrogen-bond acceptors (Lipinski definition) is 2. The molecule has 0 amide bonds. The van der Waals surface area contributed by atoms with E-state index in [0.717, 1.165) is 9.25 Å². The normalized spacial score (nSPS) is 11.4. The van der Waals surface area contributed by atoms with Gasteiger partial charge in [0.1, 0.15) is 0 Å². The minimum Gasteiger partial charge on any atom is -0.264 e. The van der Waals surface area contributed by atoms with E-state index in [1.807, 2.05) is 0 Å². The van der Waals surface area contributed by atoms with Crippen LogP contribution in [0.1, 0.15) is 17.0 Å². The van der Waals surface area contributed by atoms with Crippen molar-refractivity contribution in [1.82, 2.24) is 14.3 Å². The van der Waals surface area contributed by atoms with Gasteiger partial charge in [-0.15, -0.1) is 11.5 Å². The molecular formula is C13H10F3N3S. The first-order valence-electron chi connectivity index (χ1n) is 5.56. The average molecular weight is 297 g/mol. The molecule has 7 heteroatoms. The van der Waals surface area contributed by atoms with Crippen molar-refractivity contribution in [3.63, 3.8) is 0 Å². The van der Waals surface area contributed by atoms with E-state index in [4.69, 9.17) is 18.6 Å². The lowest BCUT2D eigenvalue weighted by Crippen LogP contribution is -2.14. The summed E-state index contributed by atoms with van der Waals surface area (Å²) >= 11 is 5.01. The van der Waals surface area contributed by atoms with Gasteiger partial charge in [0.2, 0.25) is 10.6 Å². The molecule has 0 aliphatic rings. The molecule has 20 heavy (non-hydrogen) atoms. The van der Waals surface area contributed by atoms with E-state index < -0.39 is 12.0 Å². The Kier molecular flexibility index (Phi) is 3.44. The number of halogens is 3. The fraction of sp³-hybridized carbons (Fsp3) is 0.231. The Labute approximate surface area is 118 Å². The highest BCUT2D eigenvalue weighted by Crippen LogP contribution is 2.31. The molecule has 0 saturated carbocycles. The van der Waals surface area contributed by atoms with Crippen molar-refractivity contribution in [3.05, 3.63) is 39.9 Å². The van der Waals surface area contributed by atoms with Crippen molar-refractivity contribution < 1.29 is 13.2 Å². The van der Waals surface area contributed by atoms with Gasteiger partial charge in [0, 0.05) is 12.6 Å². The zero-order chi connectivity index (χ0) is 15.1. The molecule has 1 aromatic carbocycles. The zero-order valence-corrected chi connectivity index (χ0v) is 11.5. The molecule has 1 heterocycles. The van der Waals surface area contributed by atoms with Gasteiger partial charge in [-0.25, -0.2) is 4.68 Å². The summed E-state index contributed by atoms with van der Waals surface area (Å²) in [5.41, 5.74) is 1.50. The van der Waals surface area contributed by atoms with E-state index in [-0.39, 0.29) is 4.77 Å². The van der Waals surface area contributed by atoms with E-state index in [9.17, 15) is 13.2 Å². The highest BCUT2D eigenvalue weighted by atomic mass is 32.1. The molecule has 104 valence electrons. The molecule has 0 fully saturated rings. The van der Waals surface area contributed by atoms with Crippen molar-refractivity contribution >= 4 is 12.2 Å². The van der Waals surface area contributed by atoms with Gasteiger partial charge in [0.05, 0.1) is 5.69 Å². The average Bonchev–Trinajstić information content (AvgIpc) is 2.66. The lowest BCUT2D eigenvalue weighted by molar-refractivity contribution is -0.146. The number of benzene rings is 1. The van der Waals surface area contributed by atoms with E-state index in [1.165, 1.54) is 13.1 Å². The van der Waals surface area contributed by atoms with Crippen LogP contribution in [0.5, 0.6) is 0 Å². The van der Waals surface area contributed by atoms with Crippen LogP contribution in [0.25, 0.3) is 5.69 Å². The number of aromatic nitrogens is 3. The van der Waals surface area contributed by atoms with Crippen LogP contribution in [0, 0.1) is 24.0 Å². The smallest absolute Gasteiger partial charge is 0.264 e. The first kappa shape index (κ1) is 14.3. The van der Waals surface area contributed by atoms with Gasteiger partial charge >= 0.3 is 6.18 Å². The SMILES string of the molecule is C#Cc1ccc(-n2c(C(F)(F)F)nn(C)c2=S)c(C)c1. The number of terminal acetylenes is 1. The van der Waals surface area contributed by atoms with Crippen LogP contribution < -0.4 is 0 Å². The van der Waals surface area contributed by atoms with Crippen molar-refractivity contribution in [2.75, 3.05) is 0 Å². The zero-order valence-electron chi connectivity index (χ0n) is 10.7. The van der Waals surface area contributed by atoms with E-state index in [0.29, 0.717) is 16.8 Å². The van der Waals surface area contributed by atoms with Gasteiger partial charge in [0.15, 0.2) is 0 Å². The molecule has 0 bridgehead atoms. The highest BCUT2D eigenvalue weighted by Gasteiger charge is 2.38. The van der Waals surface area contributed by atoms with E-state index in [2.05, 4.69) is 11.0 Å². The van der Waals surface area contributed by atoms with Gasteiger partial charge in [-0.05, 0) is 42.9 Å². The molecule has 0 saturated heterocycles. The molecular weight excluding hydrogens is 287 g/mol. The molecule has 0 radical (unpaired) electrons. The van der Waals surface area contributed by atoms with Crippen molar-refractivity contribution in [2.45, 2.75) is 13.1 Å². The summed E-state index contributed by atoms with van der Waals surface area (Å²) in [5, 5.41) is 3.45. The maximum Gasteiger partial charge on any atom is 0.452 e. The third-order valence-corrected chi connectivity index (χ3v) is 3.23. The van der Waals surface area contributed by atoms with Crippen LogP contribution in [0.15, 0.2) is 18.2 Å². The van der Waals surface area contributed by atoms with Crippen LogP contribution in [0.3, 0.4) is 0 Å². The Balaban J connectivity index is 2.77. The number of nitrogens with zero attached hydrogens (tertiary/aromatic N) is 3.